The van der Waals surface area contributed by atoms with Gasteiger partial charge >= 0.3 is 0 Å². The largest absolute Gasteiger partial charge is 0.469 e. The van der Waals surface area contributed by atoms with Crippen molar-refractivity contribution in [3.8, 4) is 0 Å². The maximum atomic E-state index is 5.20. The lowest BCUT2D eigenvalue weighted by atomic mass is 10.3. The van der Waals surface area contributed by atoms with Gasteiger partial charge in [0.25, 0.3) is 0 Å². The summed E-state index contributed by atoms with van der Waals surface area (Å²) in [5.41, 5.74) is 0. The van der Waals surface area contributed by atoms with Gasteiger partial charge in [0, 0.05) is 24.5 Å². The molecule has 4 nitrogen and oxygen atoms in total. The van der Waals surface area contributed by atoms with Crippen molar-refractivity contribution in [3.63, 3.8) is 0 Å². The number of hydrogen-bond donors (Lipinski definition) is 1. The standard InChI is InChI=1S/C9H11N3OS/c1-7-11-9(14-12-7)10-5-4-8-3-2-6-13-8/h2-3,6H,4-5H2,1H3,(H,10,11,12). The van der Waals surface area contributed by atoms with Crippen molar-refractivity contribution in [1.82, 2.24) is 9.36 Å². The van der Waals surface area contributed by atoms with E-state index in [1.807, 2.05) is 19.1 Å². The Morgan fingerprint density at radius 2 is 2.50 bits per heavy atom. The Labute approximate surface area is 86.1 Å². The third kappa shape index (κ3) is 2.32. The van der Waals surface area contributed by atoms with Crippen LogP contribution in [-0.4, -0.2) is 15.9 Å². The number of aryl methyl sites for hydroxylation is 1. The van der Waals surface area contributed by atoms with E-state index in [1.54, 1.807) is 6.26 Å². The lowest BCUT2D eigenvalue weighted by Crippen LogP contribution is -2.03. The van der Waals surface area contributed by atoms with Crippen LogP contribution in [-0.2, 0) is 6.42 Å². The van der Waals surface area contributed by atoms with E-state index in [0.29, 0.717) is 0 Å². The molecular weight excluding hydrogens is 198 g/mol. The normalized spacial score (nSPS) is 10.4. The van der Waals surface area contributed by atoms with Gasteiger partial charge in [-0.15, -0.1) is 0 Å². The quantitative estimate of drug-likeness (QED) is 0.837. The van der Waals surface area contributed by atoms with Gasteiger partial charge < -0.3 is 9.73 Å². The number of furan rings is 1. The van der Waals surface area contributed by atoms with Crippen molar-refractivity contribution in [1.29, 1.82) is 0 Å². The topological polar surface area (TPSA) is 51.0 Å². The summed E-state index contributed by atoms with van der Waals surface area (Å²) in [5.74, 6) is 1.80. The number of anilines is 1. The van der Waals surface area contributed by atoms with E-state index in [-0.39, 0.29) is 0 Å². The van der Waals surface area contributed by atoms with Crippen LogP contribution in [0.1, 0.15) is 11.6 Å². The molecule has 1 N–H and O–H groups in total. The summed E-state index contributed by atoms with van der Waals surface area (Å²) in [6.07, 6.45) is 2.55. The van der Waals surface area contributed by atoms with Gasteiger partial charge in [-0.3, -0.25) is 0 Å². The van der Waals surface area contributed by atoms with Gasteiger partial charge in [-0.1, -0.05) is 0 Å². The number of rotatable bonds is 4. The number of nitrogens with zero attached hydrogens (tertiary/aromatic N) is 2. The van der Waals surface area contributed by atoms with Crippen LogP contribution in [0.2, 0.25) is 0 Å². The van der Waals surface area contributed by atoms with Crippen molar-refractivity contribution in [2.24, 2.45) is 0 Å². The molecule has 2 aromatic heterocycles. The van der Waals surface area contributed by atoms with Crippen molar-refractivity contribution >= 4 is 16.7 Å². The second kappa shape index (κ2) is 4.23. The highest BCUT2D eigenvalue weighted by molar-refractivity contribution is 7.09. The Balaban J connectivity index is 1.78. The fourth-order valence-electron chi connectivity index (χ4n) is 1.12. The van der Waals surface area contributed by atoms with E-state index >= 15 is 0 Å². The molecule has 0 aliphatic heterocycles. The first kappa shape index (κ1) is 9.21. The maximum Gasteiger partial charge on any atom is 0.202 e. The van der Waals surface area contributed by atoms with Crippen LogP contribution in [0.3, 0.4) is 0 Å². The Bertz CT molecular complexity index is 382. The van der Waals surface area contributed by atoms with Crippen LogP contribution in [0, 0.1) is 6.92 Å². The predicted molar refractivity (Wildman–Crippen MR) is 55.5 cm³/mol. The second-order valence-electron chi connectivity index (χ2n) is 2.90. The first-order chi connectivity index (χ1) is 6.84. The highest BCUT2D eigenvalue weighted by Gasteiger charge is 1.99. The molecule has 0 spiro atoms. The smallest absolute Gasteiger partial charge is 0.202 e. The van der Waals surface area contributed by atoms with Gasteiger partial charge in [-0.25, -0.2) is 4.98 Å². The average Bonchev–Trinajstić information content (AvgIpc) is 2.77. The molecule has 0 aromatic carbocycles. The van der Waals surface area contributed by atoms with E-state index in [1.165, 1.54) is 11.5 Å². The molecular formula is C9H11N3OS. The van der Waals surface area contributed by atoms with Gasteiger partial charge in [0.1, 0.15) is 11.6 Å². The third-order valence-electron chi connectivity index (χ3n) is 1.76. The maximum absolute atomic E-state index is 5.20. The zero-order valence-electron chi connectivity index (χ0n) is 7.86. The van der Waals surface area contributed by atoms with E-state index in [2.05, 4.69) is 14.7 Å². The van der Waals surface area contributed by atoms with Gasteiger partial charge in [0.15, 0.2) is 0 Å². The van der Waals surface area contributed by atoms with Crippen molar-refractivity contribution in [2.75, 3.05) is 11.9 Å². The molecule has 0 atom stereocenters. The summed E-state index contributed by atoms with van der Waals surface area (Å²) in [5, 5.41) is 4.06. The molecule has 2 aromatic rings. The van der Waals surface area contributed by atoms with E-state index in [4.69, 9.17) is 4.42 Å². The molecule has 0 fully saturated rings. The van der Waals surface area contributed by atoms with Crippen LogP contribution < -0.4 is 5.32 Å². The van der Waals surface area contributed by atoms with E-state index in [9.17, 15) is 0 Å². The number of nitrogens with one attached hydrogen (secondary N) is 1. The minimum Gasteiger partial charge on any atom is -0.469 e. The summed E-state index contributed by atoms with van der Waals surface area (Å²) >= 11 is 1.38. The molecule has 0 bridgehead atoms. The summed E-state index contributed by atoms with van der Waals surface area (Å²) in [7, 11) is 0. The fourth-order valence-corrected chi connectivity index (χ4v) is 1.72. The zero-order valence-corrected chi connectivity index (χ0v) is 8.67. The summed E-state index contributed by atoms with van der Waals surface area (Å²) in [4.78, 5) is 4.20. The van der Waals surface area contributed by atoms with Crippen molar-refractivity contribution < 1.29 is 4.42 Å². The highest BCUT2D eigenvalue weighted by atomic mass is 32.1. The first-order valence-electron chi connectivity index (χ1n) is 4.41. The van der Waals surface area contributed by atoms with E-state index in [0.717, 1.165) is 29.7 Å². The van der Waals surface area contributed by atoms with Gasteiger partial charge in [0.2, 0.25) is 5.13 Å². The molecule has 0 amide bonds. The van der Waals surface area contributed by atoms with Crippen molar-refractivity contribution in [2.45, 2.75) is 13.3 Å². The summed E-state index contributed by atoms with van der Waals surface area (Å²) in [6.45, 7) is 2.70. The Hall–Kier alpha value is -1.36. The molecule has 0 aliphatic carbocycles. The molecule has 0 aliphatic rings. The van der Waals surface area contributed by atoms with Gasteiger partial charge in [-0.05, 0) is 19.1 Å². The van der Waals surface area contributed by atoms with Gasteiger partial charge in [0.05, 0.1) is 6.26 Å². The number of aromatic nitrogens is 2. The van der Waals surface area contributed by atoms with E-state index < -0.39 is 0 Å². The number of hydrogen-bond acceptors (Lipinski definition) is 5. The van der Waals surface area contributed by atoms with Crippen LogP contribution in [0.25, 0.3) is 0 Å². The fraction of sp³-hybridized carbons (Fsp3) is 0.333. The average molecular weight is 209 g/mol. The lowest BCUT2D eigenvalue weighted by molar-refractivity contribution is 0.513. The Kier molecular flexibility index (Phi) is 2.78. The second-order valence-corrected chi connectivity index (χ2v) is 3.65. The molecule has 2 rings (SSSR count). The molecule has 74 valence electrons. The monoisotopic (exact) mass is 209 g/mol. The lowest BCUT2D eigenvalue weighted by Gasteiger charge is -1.98. The SMILES string of the molecule is Cc1nsc(NCCc2ccco2)n1. The van der Waals surface area contributed by atoms with Crippen LogP contribution >= 0.6 is 11.5 Å². The van der Waals surface area contributed by atoms with Crippen molar-refractivity contribution in [3.05, 3.63) is 30.0 Å². The minimum absolute atomic E-state index is 0.815. The first-order valence-corrected chi connectivity index (χ1v) is 5.18. The highest BCUT2D eigenvalue weighted by Crippen LogP contribution is 2.10. The summed E-state index contributed by atoms with van der Waals surface area (Å²) in [6, 6.07) is 3.86. The Morgan fingerprint density at radius 1 is 1.57 bits per heavy atom. The third-order valence-corrected chi connectivity index (χ3v) is 2.52. The summed E-state index contributed by atoms with van der Waals surface area (Å²) < 4.78 is 9.28. The Morgan fingerprint density at radius 3 is 3.14 bits per heavy atom. The van der Waals surface area contributed by atoms with Crippen LogP contribution in [0.4, 0.5) is 5.13 Å². The molecule has 0 saturated carbocycles. The van der Waals surface area contributed by atoms with Crippen LogP contribution in [0.15, 0.2) is 22.8 Å². The zero-order chi connectivity index (χ0) is 9.80. The minimum atomic E-state index is 0.815. The van der Waals surface area contributed by atoms with Crippen LogP contribution in [0.5, 0.6) is 0 Å². The molecule has 5 heteroatoms. The predicted octanol–water partition coefficient (Wildman–Crippen LogP) is 2.09. The molecule has 0 saturated heterocycles. The molecule has 14 heavy (non-hydrogen) atoms. The molecule has 0 unspecified atom stereocenters. The molecule has 2 heterocycles. The van der Waals surface area contributed by atoms with Gasteiger partial charge in [-0.2, -0.15) is 4.37 Å². The molecule has 0 radical (unpaired) electrons.